The Morgan fingerprint density at radius 3 is 2.54 bits per heavy atom. The number of carbonyl (C=O) groups excluding carboxylic acids is 1. The lowest BCUT2D eigenvalue weighted by Crippen LogP contribution is -2.52. The molecule has 1 amide bonds. The van der Waals surface area contributed by atoms with Crippen LogP contribution in [0, 0.1) is 0 Å². The molecular weight excluding hydrogens is 372 g/mol. The molecule has 1 heterocycles. The fraction of sp³-hybridized carbons (Fsp3) is 0.316. The number of rotatable bonds is 4. The first-order valence-electron chi connectivity index (χ1n) is 8.29. The Morgan fingerprint density at radius 1 is 1.19 bits per heavy atom. The van der Waals surface area contributed by atoms with Gasteiger partial charge in [0.05, 0.1) is 6.26 Å². The van der Waals surface area contributed by atoms with Gasteiger partial charge in [0.2, 0.25) is 15.9 Å². The number of likely N-dealkylation sites (N-methyl/N-ethyl adjacent to an activating group) is 1. The first-order chi connectivity index (χ1) is 12.3. The van der Waals surface area contributed by atoms with Gasteiger partial charge in [0.25, 0.3) is 0 Å². The van der Waals surface area contributed by atoms with Gasteiger partial charge in [-0.2, -0.15) is 4.31 Å². The highest BCUT2D eigenvalue weighted by molar-refractivity contribution is 7.88. The number of nitrogens with zero attached hydrogens (tertiary/aromatic N) is 2. The van der Waals surface area contributed by atoms with Crippen LogP contribution in [0.5, 0.6) is 0 Å². The van der Waals surface area contributed by atoms with Gasteiger partial charge in [0, 0.05) is 25.2 Å². The van der Waals surface area contributed by atoms with Crippen molar-refractivity contribution in [3.05, 3.63) is 70.2 Å². The van der Waals surface area contributed by atoms with Crippen molar-refractivity contribution in [1.29, 1.82) is 0 Å². The van der Waals surface area contributed by atoms with Crippen molar-refractivity contribution >= 4 is 27.5 Å². The third-order valence-electron chi connectivity index (χ3n) is 4.60. The molecule has 0 radical (unpaired) electrons. The van der Waals surface area contributed by atoms with Gasteiger partial charge >= 0.3 is 0 Å². The number of hydrogen-bond donors (Lipinski definition) is 0. The standard InChI is InChI=1S/C19H21ClN2O3S/c1-21(12-14-6-5-9-17(20)10-14)19(23)18-11-15-7-3-4-8-16(15)13-22(18)26(2,24)25/h3-10,18H,11-13H2,1-2H3/t18-/m0/s1. The minimum atomic E-state index is -3.51. The van der Waals surface area contributed by atoms with Crippen LogP contribution in [0.15, 0.2) is 48.5 Å². The molecule has 0 unspecified atom stereocenters. The fourth-order valence-corrected chi connectivity index (χ4v) is 4.51. The van der Waals surface area contributed by atoms with Crippen LogP contribution in [-0.4, -0.2) is 42.9 Å². The lowest BCUT2D eigenvalue weighted by Gasteiger charge is -2.36. The van der Waals surface area contributed by atoms with E-state index in [0.29, 0.717) is 18.0 Å². The van der Waals surface area contributed by atoms with Crippen LogP contribution in [0.3, 0.4) is 0 Å². The van der Waals surface area contributed by atoms with Crippen molar-refractivity contribution < 1.29 is 13.2 Å². The number of halogens is 1. The monoisotopic (exact) mass is 392 g/mol. The van der Waals surface area contributed by atoms with E-state index in [9.17, 15) is 13.2 Å². The van der Waals surface area contributed by atoms with Gasteiger partial charge in [-0.3, -0.25) is 4.79 Å². The minimum Gasteiger partial charge on any atom is -0.340 e. The number of benzene rings is 2. The smallest absolute Gasteiger partial charge is 0.241 e. The Morgan fingerprint density at radius 2 is 1.88 bits per heavy atom. The molecule has 1 aliphatic heterocycles. The van der Waals surface area contributed by atoms with Crippen LogP contribution in [0.2, 0.25) is 5.02 Å². The maximum atomic E-state index is 13.0. The highest BCUT2D eigenvalue weighted by Crippen LogP contribution is 2.26. The van der Waals surface area contributed by atoms with Crippen molar-refractivity contribution in [3.8, 4) is 0 Å². The molecule has 0 aliphatic carbocycles. The summed E-state index contributed by atoms with van der Waals surface area (Å²) in [6.07, 6.45) is 1.53. The van der Waals surface area contributed by atoms with Crippen molar-refractivity contribution in [3.63, 3.8) is 0 Å². The van der Waals surface area contributed by atoms with Gasteiger partial charge in [0.15, 0.2) is 0 Å². The van der Waals surface area contributed by atoms with Gasteiger partial charge in [-0.1, -0.05) is 48.0 Å². The second-order valence-corrected chi connectivity index (χ2v) is 8.99. The van der Waals surface area contributed by atoms with Crippen molar-refractivity contribution in [2.45, 2.75) is 25.6 Å². The summed E-state index contributed by atoms with van der Waals surface area (Å²) in [5.74, 6) is -0.218. The molecule has 2 aromatic carbocycles. The highest BCUT2D eigenvalue weighted by Gasteiger charge is 2.38. The Hall–Kier alpha value is -1.89. The van der Waals surface area contributed by atoms with Crippen LogP contribution in [0.1, 0.15) is 16.7 Å². The normalized spacial score (nSPS) is 17.6. The third-order valence-corrected chi connectivity index (χ3v) is 6.07. The summed E-state index contributed by atoms with van der Waals surface area (Å²) in [6, 6.07) is 14.2. The van der Waals surface area contributed by atoms with E-state index < -0.39 is 16.1 Å². The number of carbonyl (C=O) groups is 1. The van der Waals surface area contributed by atoms with E-state index in [2.05, 4.69) is 0 Å². The molecule has 3 rings (SSSR count). The minimum absolute atomic E-state index is 0.218. The van der Waals surface area contributed by atoms with Crippen LogP contribution >= 0.6 is 11.6 Å². The first-order valence-corrected chi connectivity index (χ1v) is 10.5. The van der Waals surface area contributed by atoms with E-state index in [1.807, 2.05) is 36.4 Å². The van der Waals surface area contributed by atoms with Gasteiger partial charge in [0.1, 0.15) is 6.04 Å². The van der Waals surface area contributed by atoms with E-state index in [4.69, 9.17) is 11.6 Å². The molecule has 0 aromatic heterocycles. The quantitative estimate of drug-likeness (QED) is 0.803. The van der Waals surface area contributed by atoms with Gasteiger partial charge < -0.3 is 4.90 Å². The summed E-state index contributed by atoms with van der Waals surface area (Å²) < 4.78 is 25.8. The third kappa shape index (κ3) is 4.09. The zero-order valence-corrected chi connectivity index (χ0v) is 16.3. The summed E-state index contributed by atoms with van der Waals surface area (Å²) in [5.41, 5.74) is 2.86. The molecule has 1 atom stereocenters. The SMILES string of the molecule is CN(Cc1cccc(Cl)c1)C(=O)[C@@H]1Cc2ccccc2CN1S(C)(=O)=O. The molecule has 0 fully saturated rings. The Labute approximate surface area is 159 Å². The summed E-state index contributed by atoms with van der Waals surface area (Å²) in [4.78, 5) is 14.6. The van der Waals surface area contributed by atoms with Gasteiger partial charge in [-0.25, -0.2) is 8.42 Å². The van der Waals surface area contributed by atoms with E-state index >= 15 is 0 Å². The molecule has 138 valence electrons. The van der Waals surface area contributed by atoms with E-state index in [0.717, 1.165) is 22.9 Å². The second kappa shape index (κ2) is 7.39. The maximum absolute atomic E-state index is 13.0. The molecule has 7 heteroatoms. The van der Waals surface area contributed by atoms with Crippen LogP contribution in [-0.2, 0) is 34.3 Å². The van der Waals surface area contributed by atoms with Crippen molar-refractivity contribution in [2.75, 3.05) is 13.3 Å². The van der Waals surface area contributed by atoms with Gasteiger partial charge in [-0.05, 0) is 35.2 Å². The number of hydrogen-bond acceptors (Lipinski definition) is 3. The fourth-order valence-electron chi connectivity index (χ4n) is 3.30. The predicted octanol–water partition coefficient (Wildman–Crippen LogP) is 2.68. The van der Waals surface area contributed by atoms with Crippen LogP contribution in [0.4, 0.5) is 0 Å². The average molecular weight is 393 g/mol. The van der Waals surface area contributed by atoms with Crippen LogP contribution in [0.25, 0.3) is 0 Å². The van der Waals surface area contributed by atoms with E-state index in [-0.39, 0.29) is 12.5 Å². The Bertz CT molecular complexity index is 930. The average Bonchev–Trinajstić information content (AvgIpc) is 2.59. The zero-order chi connectivity index (χ0) is 18.9. The second-order valence-electron chi connectivity index (χ2n) is 6.62. The zero-order valence-electron chi connectivity index (χ0n) is 14.7. The molecule has 26 heavy (non-hydrogen) atoms. The topological polar surface area (TPSA) is 57.7 Å². The van der Waals surface area contributed by atoms with Crippen molar-refractivity contribution in [2.24, 2.45) is 0 Å². The first kappa shape index (κ1) is 18.9. The molecule has 0 saturated heterocycles. The molecule has 2 aromatic rings. The maximum Gasteiger partial charge on any atom is 0.241 e. The number of sulfonamides is 1. The lowest BCUT2D eigenvalue weighted by atomic mass is 9.95. The highest BCUT2D eigenvalue weighted by atomic mass is 35.5. The molecule has 1 aliphatic rings. The molecule has 0 N–H and O–H groups in total. The Balaban J connectivity index is 1.86. The molecule has 5 nitrogen and oxygen atoms in total. The van der Waals surface area contributed by atoms with Crippen molar-refractivity contribution in [1.82, 2.24) is 9.21 Å². The van der Waals surface area contributed by atoms with E-state index in [1.54, 1.807) is 24.1 Å². The van der Waals surface area contributed by atoms with Gasteiger partial charge in [-0.15, -0.1) is 0 Å². The summed E-state index contributed by atoms with van der Waals surface area (Å²) in [6.45, 7) is 0.589. The summed E-state index contributed by atoms with van der Waals surface area (Å²) in [7, 11) is -1.83. The number of fused-ring (bicyclic) bond motifs is 1. The largest absolute Gasteiger partial charge is 0.340 e. The molecule has 0 saturated carbocycles. The van der Waals surface area contributed by atoms with Crippen LogP contribution < -0.4 is 0 Å². The van der Waals surface area contributed by atoms with E-state index in [1.165, 1.54) is 4.31 Å². The molecular formula is C19H21ClN2O3S. The summed E-state index contributed by atoms with van der Waals surface area (Å²) >= 11 is 6.00. The lowest BCUT2D eigenvalue weighted by molar-refractivity contribution is -0.134. The predicted molar refractivity (Wildman–Crippen MR) is 102 cm³/mol. The molecule has 0 spiro atoms. The molecule has 0 bridgehead atoms. The summed E-state index contributed by atoms with van der Waals surface area (Å²) in [5, 5.41) is 0.604. The Kier molecular flexibility index (Phi) is 5.37. The number of amides is 1.